The van der Waals surface area contributed by atoms with Crippen molar-refractivity contribution in [3.05, 3.63) is 29.8 Å². The molecule has 1 aromatic carbocycles. The minimum atomic E-state index is 0.128. The molecule has 1 aromatic rings. The van der Waals surface area contributed by atoms with Crippen LogP contribution in [0, 0.1) is 0 Å². The highest BCUT2D eigenvalue weighted by Crippen LogP contribution is 2.13. The fraction of sp³-hybridized carbons (Fsp3) is 0.562. The van der Waals surface area contributed by atoms with E-state index >= 15 is 0 Å². The smallest absolute Gasteiger partial charge is 0.220 e. The zero-order valence-corrected chi connectivity index (χ0v) is 12.7. The first-order valence-corrected chi connectivity index (χ1v) is 7.28. The van der Waals surface area contributed by atoms with Crippen molar-refractivity contribution >= 4 is 5.91 Å². The third-order valence-corrected chi connectivity index (χ3v) is 3.19. The van der Waals surface area contributed by atoms with Gasteiger partial charge in [-0.25, -0.2) is 0 Å². The number of aryl methyl sites for hydroxylation is 1. The highest BCUT2D eigenvalue weighted by molar-refractivity contribution is 5.75. The van der Waals surface area contributed by atoms with Crippen molar-refractivity contribution in [2.24, 2.45) is 0 Å². The van der Waals surface area contributed by atoms with E-state index in [0.717, 1.165) is 25.1 Å². The van der Waals surface area contributed by atoms with Crippen LogP contribution in [-0.2, 0) is 11.2 Å². The summed E-state index contributed by atoms with van der Waals surface area (Å²) in [4.78, 5) is 11.7. The molecule has 4 heteroatoms. The van der Waals surface area contributed by atoms with Gasteiger partial charge in [-0.3, -0.25) is 4.79 Å². The molecular formula is C16H26N2O2. The van der Waals surface area contributed by atoms with Crippen LogP contribution in [0.25, 0.3) is 0 Å². The van der Waals surface area contributed by atoms with Crippen molar-refractivity contribution in [1.29, 1.82) is 0 Å². The van der Waals surface area contributed by atoms with E-state index in [9.17, 15) is 4.79 Å². The van der Waals surface area contributed by atoms with Gasteiger partial charge in [-0.2, -0.15) is 0 Å². The molecule has 0 heterocycles. The Kier molecular flexibility index (Phi) is 7.73. The number of benzene rings is 1. The Bertz CT molecular complexity index is 390. The lowest BCUT2D eigenvalue weighted by molar-refractivity contribution is -0.121. The van der Waals surface area contributed by atoms with E-state index < -0.39 is 0 Å². The summed E-state index contributed by atoms with van der Waals surface area (Å²) in [6.07, 6.45) is 2.36. The van der Waals surface area contributed by atoms with Crippen LogP contribution in [0.4, 0.5) is 0 Å². The number of rotatable bonds is 9. The van der Waals surface area contributed by atoms with Crippen molar-refractivity contribution in [1.82, 2.24) is 10.6 Å². The number of hydrogen-bond acceptors (Lipinski definition) is 3. The molecule has 112 valence electrons. The fourth-order valence-electron chi connectivity index (χ4n) is 2.02. The predicted molar refractivity (Wildman–Crippen MR) is 82.1 cm³/mol. The van der Waals surface area contributed by atoms with E-state index in [1.54, 1.807) is 7.11 Å². The topological polar surface area (TPSA) is 50.4 Å². The maximum atomic E-state index is 11.7. The standard InChI is InChI=1S/C16H26N2O2/c1-4-17-13(2)12-18-16(19)7-5-6-14-8-10-15(20-3)11-9-14/h8-11,13,17H,4-7,12H2,1-3H3,(H,18,19)/t13-/m1/s1. The Hall–Kier alpha value is -1.55. The molecule has 0 aromatic heterocycles. The van der Waals surface area contributed by atoms with Crippen molar-refractivity contribution in [3.63, 3.8) is 0 Å². The minimum Gasteiger partial charge on any atom is -0.497 e. The number of hydrogen-bond donors (Lipinski definition) is 2. The highest BCUT2D eigenvalue weighted by Gasteiger charge is 2.04. The minimum absolute atomic E-state index is 0.128. The van der Waals surface area contributed by atoms with Gasteiger partial charge in [0.1, 0.15) is 5.75 Å². The second-order valence-corrected chi connectivity index (χ2v) is 4.96. The van der Waals surface area contributed by atoms with E-state index in [1.165, 1.54) is 5.56 Å². The first-order valence-electron chi connectivity index (χ1n) is 7.28. The van der Waals surface area contributed by atoms with Crippen LogP contribution < -0.4 is 15.4 Å². The summed E-state index contributed by atoms with van der Waals surface area (Å²) in [7, 11) is 1.66. The average Bonchev–Trinajstić information content (AvgIpc) is 2.46. The van der Waals surface area contributed by atoms with Gasteiger partial charge in [0.25, 0.3) is 0 Å². The highest BCUT2D eigenvalue weighted by atomic mass is 16.5. The van der Waals surface area contributed by atoms with Gasteiger partial charge < -0.3 is 15.4 Å². The lowest BCUT2D eigenvalue weighted by atomic mass is 10.1. The van der Waals surface area contributed by atoms with E-state index in [4.69, 9.17) is 4.74 Å². The molecule has 1 atom stereocenters. The maximum Gasteiger partial charge on any atom is 0.220 e. The van der Waals surface area contributed by atoms with Gasteiger partial charge in [0.05, 0.1) is 7.11 Å². The lowest BCUT2D eigenvalue weighted by Crippen LogP contribution is -2.38. The van der Waals surface area contributed by atoms with Gasteiger partial charge in [0.15, 0.2) is 0 Å². The summed E-state index contributed by atoms with van der Waals surface area (Å²) < 4.78 is 5.12. The van der Waals surface area contributed by atoms with Crippen molar-refractivity contribution < 1.29 is 9.53 Å². The van der Waals surface area contributed by atoms with Gasteiger partial charge >= 0.3 is 0 Å². The molecule has 0 aliphatic heterocycles. The summed E-state index contributed by atoms with van der Waals surface area (Å²) in [6.45, 7) is 5.75. The zero-order valence-electron chi connectivity index (χ0n) is 12.7. The Morgan fingerprint density at radius 3 is 2.60 bits per heavy atom. The predicted octanol–water partition coefficient (Wildman–Crippen LogP) is 2.13. The van der Waals surface area contributed by atoms with Crippen molar-refractivity contribution in [2.45, 2.75) is 39.2 Å². The summed E-state index contributed by atoms with van der Waals surface area (Å²) in [5, 5.41) is 6.22. The van der Waals surface area contributed by atoms with Gasteiger partial charge in [-0.1, -0.05) is 19.1 Å². The molecule has 0 aliphatic carbocycles. The first kappa shape index (κ1) is 16.5. The van der Waals surface area contributed by atoms with Crippen LogP contribution in [0.1, 0.15) is 32.3 Å². The number of ether oxygens (including phenoxy) is 1. The third-order valence-electron chi connectivity index (χ3n) is 3.19. The second kappa shape index (κ2) is 9.37. The number of carbonyl (C=O) groups excluding carboxylic acids is 1. The van der Waals surface area contributed by atoms with Gasteiger partial charge in [0.2, 0.25) is 5.91 Å². The lowest BCUT2D eigenvalue weighted by Gasteiger charge is -2.13. The zero-order chi connectivity index (χ0) is 14.8. The van der Waals surface area contributed by atoms with Gasteiger partial charge in [-0.15, -0.1) is 0 Å². The summed E-state index contributed by atoms with van der Waals surface area (Å²) in [6, 6.07) is 8.32. The molecule has 0 bridgehead atoms. The van der Waals surface area contributed by atoms with E-state index in [2.05, 4.69) is 24.5 Å². The second-order valence-electron chi connectivity index (χ2n) is 4.96. The van der Waals surface area contributed by atoms with Crippen LogP contribution >= 0.6 is 0 Å². The molecule has 0 fully saturated rings. The van der Waals surface area contributed by atoms with E-state index in [1.807, 2.05) is 24.3 Å². The molecule has 0 radical (unpaired) electrons. The van der Waals surface area contributed by atoms with Crippen LogP contribution in [0.3, 0.4) is 0 Å². The summed E-state index contributed by atoms with van der Waals surface area (Å²) in [5.74, 6) is 0.993. The van der Waals surface area contributed by atoms with E-state index in [0.29, 0.717) is 19.0 Å². The normalized spacial score (nSPS) is 11.9. The van der Waals surface area contributed by atoms with Crippen LogP contribution in [0.15, 0.2) is 24.3 Å². The van der Waals surface area contributed by atoms with Crippen molar-refractivity contribution in [3.8, 4) is 5.75 Å². The maximum absolute atomic E-state index is 11.7. The van der Waals surface area contributed by atoms with Crippen molar-refractivity contribution in [2.75, 3.05) is 20.2 Å². The van der Waals surface area contributed by atoms with Gasteiger partial charge in [-0.05, 0) is 44.0 Å². The molecule has 0 saturated heterocycles. The molecule has 4 nitrogen and oxygen atoms in total. The summed E-state index contributed by atoms with van der Waals surface area (Å²) in [5.41, 5.74) is 1.24. The number of likely N-dealkylation sites (N-methyl/N-ethyl adjacent to an activating group) is 1. The van der Waals surface area contributed by atoms with Gasteiger partial charge in [0, 0.05) is 19.0 Å². The fourth-order valence-corrected chi connectivity index (χ4v) is 2.02. The summed E-state index contributed by atoms with van der Waals surface area (Å²) >= 11 is 0. The largest absolute Gasteiger partial charge is 0.497 e. The molecule has 1 rings (SSSR count). The number of methoxy groups -OCH3 is 1. The molecule has 2 N–H and O–H groups in total. The number of amides is 1. The molecule has 0 spiro atoms. The molecular weight excluding hydrogens is 252 g/mol. The molecule has 1 amide bonds. The third kappa shape index (κ3) is 6.57. The van der Waals surface area contributed by atoms with Crippen LogP contribution in [0.5, 0.6) is 5.75 Å². The molecule has 0 unspecified atom stereocenters. The first-order chi connectivity index (χ1) is 9.65. The van der Waals surface area contributed by atoms with Crippen LogP contribution in [-0.4, -0.2) is 32.1 Å². The quantitative estimate of drug-likeness (QED) is 0.727. The Morgan fingerprint density at radius 2 is 2.00 bits per heavy atom. The Morgan fingerprint density at radius 1 is 1.30 bits per heavy atom. The number of carbonyl (C=O) groups is 1. The molecule has 20 heavy (non-hydrogen) atoms. The molecule has 0 aliphatic rings. The van der Waals surface area contributed by atoms with E-state index in [-0.39, 0.29) is 5.91 Å². The molecule has 0 saturated carbocycles. The van der Waals surface area contributed by atoms with Crippen LogP contribution in [0.2, 0.25) is 0 Å². The number of nitrogens with one attached hydrogen (secondary N) is 2. The Labute approximate surface area is 121 Å². The average molecular weight is 278 g/mol. The SMILES string of the molecule is CCN[C@H](C)CNC(=O)CCCc1ccc(OC)cc1. The monoisotopic (exact) mass is 278 g/mol. The Balaban J connectivity index is 2.17.